The van der Waals surface area contributed by atoms with E-state index in [1.807, 2.05) is 10.6 Å². The molecule has 0 unspecified atom stereocenters. The molecule has 1 fully saturated rings. The Morgan fingerprint density at radius 1 is 1.15 bits per heavy atom. The van der Waals surface area contributed by atoms with Crippen molar-refractivity contribution in [2.45, 2.75) is 0 Å². The highest BCUT2D eigenvalue weighted by Gasteiger charge is 2.28. The van der Waals surface area contributed by atoms with Gasteiger partial charge in [0.15, 0.2) is 0 Å². The van der Waals surface area contributed by atoms with Gasteiger partial charge >= 0.3 is 6.03 Å². The normalized spacial score (nSPS) is 14.7. The molecule has 1 aliphatic rings. The Kier molecular flexibility index (Phi) is 3.61. The number of nitrogens with zero attached hydrogens (tertiary/aromatic N) is 1. The second-order valence-electron chi connectivity index (χ2n) is 3.76. The molecule has 1 aliphatic heterocycles. The molecule has 0 aromatic heterocycles. The van der Waals surface area contributed by atoms with E-state index >= 15 is 0 Å². The third kappa shape index (κ3) is 2.72. The van der Waals surface area contributed by atoms with Crippen LogP contribution in [-0.4, -0.2) is 22.8 Å². The summed E-state index contributed by atoms with van der Waals surface area (Å²) in [6, 6.07) is 3.16. The number of carbonyl (C=O) groups excluding carboxylic acids is 3. The van der Waals surface area contributed by atoms with Gasteiger partial charge in [0.1, 0.15) is 5.57 Å². The zero-order valence-corrected chi connectivity index (χ0v) is 11.3. The molecule has 4 amide bonds. The summed E-state index contributed by atoms with van der Waals surface area (Å²) >= 11 is 3.14. The van der Waals surface area contributed by atoms with Crippen LogP contribution in [0, 0.1) is 10.1 Å². The van der Waals surface area contributed by atoms with E-state index in [-0.39, 0.29) is 16.8 Å². The molecular formula is C11H6BrN3O5. The summed E-state index contributed by atoms with van der Waals surface area (Å²) in [5.74, 6) is -1.82. The molecule has 0 saturated carbocycles. The molecule has 0 aliphatic carbocycles. The number of benzene rings is 1. The summed E-state index contributed by atoms with van der Waals surface area (Å²) in [4.78, 5) is 44.2. The average molecular weight is 340 g/mol. The van der Waals surface area contributed by atoms with Crippen LogP contribution in [0.1, 0.15) is 5.56 Å². The van der Waals surface area contributed by atoms with Gasteiger partial charge in [-0.1, -0.05) is 15.9 Å². The fourth-order valence-corrected chi connectivity index (χ4v) is 1.95. The first-order chi connectivity index (χ1) is 9.38. The highest BCUT2D eigenvalue weighted by molar-refractivity contribution is 9.10. The minimum absolute atomic E-state index is 0.0685. The van der Waals surface area contributed by atoms with E-state index in [0.717, 1.165) is 6.08 Å². The zero-order chi connectivity index (χ0) is 14.9. The Balaban J connectivity index is 2.52. The smallest absolute Gasteiger partial charge is 0.273 e. The van der Waals surface area contributed by atoms with Crippen molar-refractivity contribution in [1.29, 1.82) is 0 Å². The lowest BCUT2D eigenvalue weighted by Gasteiger charge is -2.13. The minimum atomic E-state index is -0.930. The third-order valence-electron chi connectivity index (χ3n) is 2.43. The van der Waals surface area contributed by atoms with E-state index in [9.17, 15) is 24.5 Å². The summed E-state index contributed by atoms with van der Waals surface area (Å²) in [5.41, 5.74) is -0.581. The van der Waals surface area contributed by atoms with E-state index in [1.54, 1.807) is 0 Å². The molecule has 0 radical (unpaired) electrons. The van der Waals surface area contributed by atoms with Crippen molar-refractivity contribution in [3.8, 4) is 0 Å². The van der Waals surface area contributed by atoms with Gasteiger partial charge < -0.3 is 0 Å². The lowest BCUT2D eigenvalue weighted by atomic mass is 10.1. The Morgan fingerprint density at radius 3 is 2.30 bits per heavy atom. The highest BCUT2D eigenvalue weighted by atomic mass is 79.9. The lowest BCUT2D eigenvalue weighted by Crippen LogP contribution is -2.51. The number of carbonyl (C=O) groups is 3. The maximum absolute atomic E-state index is 11.5. The molecule has 1 saturated heterocycles. The molecule has 2 rings (SSSR count). The fraction of sp³-hybridized carbons (Fsp3) is 0. The zero-order valence-electron chi connectivity index (χ0n) is 9.68. The molecule has 102 valence electrons. The molecule has 0 atom stereocenters. The van der Waals surface area contributed by atoms with Gasteiger partial charge in [0.25, 0.3) is 17.5 Å². The lowest BCUT2D eigenvalue weighted by molar-refractivity contribution is -0.385. The largest absolute Gasteiger partial charge is 0.328 e. The molecule has 8 nitrogen and oxygen atoms in total. The highest BCUT2D eigenvalue weighted by Crippen LogP contribution is 2.25. The van der Waals surface area contributed by atoms with E-state index in [2.05, 4.69) is 15.9 Å². The van der Waals surface area contributed by atoms with E-state index in [1.165, 1.54) is 18.2 Å². The average Bonchev–Trinajstić information content (AvgIpc) is 2.33. The molecule has 1 aromatic rings. The number of hydrogen-bond donors (Lipinski definition) is 2. The number of amides is 4. The van der Waals surface area contributed by atoms with Crippen molar-refractivity contribution in [3.63, 3.8) is 0 Å². The predicted octanol–water partition coefficient (Wildman–Crippen LogP) is 1.11. The van der Waals surface area contributed by atoms with Crippen LogP contribution in [0.2, 0.25) is 0 Å². The van der Waals surface area contributed by atoms with Crippen molar-refractivity contribution in [3.05, 3.63) is 43.9 Å². The molecule has 9 heteroatoms. The summed E-state index contributed by atoms with van der Waals surface area (Å²) in [6.07, 6.45) is 1.06. The van der Waals surface area contributed by atoms with Crippen LogP contribution in [0.4, 0.5) is 10.5 Å². The summed E-state index contributed by atoms with van der Waals surface area (Å²) in [7, 11) is 0. The molecule has 2 N–H and O–H groups in total. The van der Waals surface area contributed by atoms with Crippen LogP contribution >= 0.6 is 15.9 Å². The van der Waals surface area contributed by atoms with E-state index in [0.29, 0.717) is 4.47 Å². The summed E-state index contributed by atoms with van der Waals surface area (Å²) in [6.45, 7) is 0. The van der Waals surface area contributed by atoms with Crippen molar-refractivity contribution < 1.29 is 19.3 Å². The van der Waals surface area contributed by atoms with E-state index in [4.69, 9.17) is 0 Å². The number of halogens is 1. The minimum Gasteiger partial charge on any atom is -0.273 e. The van der Waals surface area contributed by atoms with Gasteiger partial charge in [-0.15, -0.1) is 0 Å². The van der Waals surface area contributed by atoms with Crippen molar-refractivity contribution in [2.24, 2.45) is 0 Å². The topological polar surface area (TPSA) is 118 Å². The van der Waals surface area contributed by atoms with Crippen LogP contribution in [0.5, 0.6) is 0 Å². The van der Waals surface area contributed by atoms with Gasteiger partial charge in [-0.2, -0.15) is 0 Å². The van der Waals surface area contributed by atoms with Gasteiger partial charge in [-0.05, 0) is 18.2 Å². The Morgan fingerprint density at radius 2 is 1.75 bits per heavy atom. The second-order valence-corrected chi connectivity index (χ2v) is 4.67. The fourth-order valence-electron chi connectivity index (χ4n) is 1.57. The molecule has 1 heterocycles. The Labute approximate surface area is 120 Å². The van der Waals surface area contributed by atoms with Crippen LogP contribution in [0.25, 0.3) is 6.08 Å². The van der Waals surface area contributed by atoms with E-state index < -0.39 is 22.8 Å². The van der Waals surface area contributed by atoms with Crippen molar-refractivity contribution >= 4 is 45.5 Å². The Hall–Kier alpha value is -2.55. The van der Waals surface area contributed by atoms with Gasteiger partial charge in [0.2, 0.25) is 0 Å². The first kappa shape index (κ1) is 13.9. The first-order valence-corrected chi connectivity index (χ1v) is 6.00. The number of barbiturate groups is 1. The quantitative estimate of drug-likeness (QED) is 0.362. The molecule has 1 aromatic carbocycles. The molecule has 0 bridgehead atoms. The second kappa shape index (κ2) is 5.21. The van der Waals surface area contributed by atoms with Crippen molar-refractivity contribution in [1.82, 2.24) is 10.6 Å². The van der Waals surface area contributed by atoms with Crippen LogP contribution in [0.15, 0.2) is 28.2 Å². The number of rotatable bonds is 2. The maximum Gasteiger partial charge on any atom is 0.328 e. The number of urea groups is 1. The number of nitro benzene ring substituents is 1. The molecular weight excluding hydrogens is 334 g/mol. The van der Waals surface area contributed by atoms with Gasteiger partial charge in [-0.3, -0.25) is 30.3 Å². The standard InChI is InChI=1S/C11H6BrN3O5/c12-6-1-2-8(15(19)20)5(3-6)4-7-9(16)13-11(18)14-10(7)17/h1-4H,(H2,13,14,16,17,18). The number of hydrogen-bond acceptors (Lipinski definition) is 5. The number of nitro groups is 1. The Bertz CT molecular complexity index is 661. The third-order valence-corrected chi connectivity index (χ3v) is 2.92. The van der Waals surface area contributed by atoms with Gasteiger partial charge in [0.05, 0.1) is 10.5 Å². The van der Waals surface area contributed by atoms with Gasteiger partial charge in [0, 0.05) is 10.5 Å². The van der Waals surface area contributed by atoms with Crippen LogP contribution < -0.4 is 10.6 Å². The maximum atomic E-state index is 11.5. The first-order valence-electron chi connectivity index (χ1n) is 5.21. The van der Waals surface area contributed by atoms with Crippen LogP contribution in [-0.2, 0) is 9.59 Å². The summed E-state index contributed by atoms with van der Waals surface area (Å²) < 4.78 is 0.544. The molecule has 0 spiro atoms. The number of imide groups is 2. The van der Waals surface area contributed by atoms with Crippen molar-refractivity contribution in [2.75, 3.05) is 0 Å². The predicted molar refractivity (Wildman–Crippen MR) is 70.5 cm³/mol. The SMILES string of the molecule is O=C1NC(=O)C(=Cc2cc(Br)ccc2[N+](=O)[O-])C(=O)N1. The van der Waals surface area contributed by atoms with Gasteiger partial charge in [-0.25, -0.2) is 4.79 Å². The molecule has 20 heavy (non-hydrogen) atoms. The van der Waals surface area contributed by atoms with Crippen LogP contribution in [0.3, 0.4) is 0 Å². The number of nitrogens with one attached hydrogen (secondary N) is 2. The summed E-state index contributed by atoms with van der Waals surface area (Å²) in [5, 5.41) is 14.7. The monoisotopic (exact) mass is 339 g/mol.